The molecule has 1 aliphatic heterocycles. The van der Waals surface area contributed by atoms with Gasteiger partial charge in [-0.25, -0.2) is 9.65 Å². The van der Waals surface area contributed by atoms with Gasteiger partial charge in [0.25, 0.3) is 0 Å². The maximum absolute atomic E-state index is 4.64. The van der Waals surface area contributed by atoms with E-state index in [4.69, 9.17) is 0 Å². The van der Waals surface area contributed by atoms with Gasteiger partial charge in [-0.15, -0.1) is 29.1 Å². The van der Waals surface area contributed by atoms with Crippen LogP contribution < -0.4 is 15.5 Å². The first-order chi connectivity index (χ1) is 15.8. The van der Waals surface area contributed by atoms with Crippen LogP contribution >= 0.6 is 21.6 Å². The number of hydrogen-bond donors (Lipinski definition) is 3. The fraction of sp³-hybridized carbons (Fsp3) is 0.667. The van der Waals surface area contributed by atoms with E-state index < -0.39 is 0 Å². The Labute approximate surface area is 202 Å². The fourth-order valence-corrected chi connectivity index (χ4v) is 5.09. The van der Waals surface area contributed by atoms with Gasteiger partial charge in [0.2, 0.25) is 5.16 Å². The van der Waals surface area contributed by atoms with Gasteiger partial charge in [-0.3, -0.25) is 5.10 Å². The van der Waals surface area contributed by atoms with Crippen LogP contribution in [0.15, 0.2) is 30.5 Å². The van der Waals surface area contributed by atoms with Crippen molar-refractivity contribution in [2.45, 2.75) is 108 Å². The van der Waals surface area contributed by atoms with E-state index >= 15 is 0 Å². The second kappa shape index (κ2) is 17.9. The number of hydrazine groups is 1. The summed E-state index contributed by atoms with van der Waals surface area (Å²) < 4.78 is 4.64. The molecule has 0 saturated heterocycles. The molecule has 0 atom stereocenters. The second-order valence-corrected chi connectivity index (χ2v) is 10.3. The number of rotatable bonds is 20. The molecule has 0 unspecified atom stereocenters. The molecular weight excluding hydrogens is 436 g/mol. The van der Waals surface area contributed by atoms with Crippen molar-refractivity contribution in [2.75, 3.05) is 0 Å². The summed E-state index contributed by atoms with van der Waals surface area (Å²) in [6, 6.07) is 0. The maximum Gasteiger partial charge on any atom is 0.388 e. The van der Waals surface area contributed by atoms with E-state index in [-0.39, 0.29) is 0 Å². The predicted octanol–water partition coefficient (Wildman–Crippen LogP) is 6.24. The SMILES string of the molecule is C=CCCCCCCCCC1=[N+]=C(SSc2n[nH]c(CCCCCCCCC=C)n2)NN1. The van der Waals surface area contributed by atoms with Crippen LogP contribution in [0.1, 0.15) is 102 Å². The lowest BCUT2D eigenvalue weighted by Gasteiger charge is -1.99. The molecule has 0 bridgehead atoms. The number of unbranched alkanes of at least 4 members (excludes halogenated alkanes) is 12. The van der Waals surface area contributed by atoms with Crippen LogP contribution in [0.25, 0.3) is 0 Å². The van der Waals surface area contributed by atoms with E-state index in [9.17, 15) is 0 Å². The lowest BCUT2D eigenvalue weighted by atomic mass is 10.1. The summed E-state index contributed by atoms with van der Waals surface area (Å²) in [4.78, 5) is 4.59. The minimum absolute atomic E-state index is 0.767. The highest BCUT2D eigenvalue weighted by molar-refractivity contribution is 8.82. The van der Waals surface area contributed by atoms with E-state index in [2.05, 4.69) is 43.9 Å². The molecule has 8 heteroatoms. The van der Waals surface area contributed by atoms with Gasteiger partial charge < -0.3 is 0 Å². The van der Waals surface area contributed by atoms with Crippen LogP contribution in [-0.2, 0) is 6.42 Å². The Morgan fingerprint density at radius 1 is 0.719 bits per heavy atom. The molecule has 3 N–H and O–H groups in total. The van der Waals surface area contributed by atoms with E-state index in [1.54, 1.807) is 10.8 Å². The highest BCUT2D eigenvalue weighted by atomic mass is 33.1. The summed E-state index contributed by atoms with van der Waals surface area (Å²) in [5.41, 5.74) is 6.34. The summed E-state index contributed by atoms with van der Waals surface area (Å²) >= 11 is 0. The third-order valence-electron chi connectivity index (χ3n) is 5.40. The number of aromatic nitrogens is 3. The monoisotopic (exact) mass is 477 g/mol. The largest absolute Gasteiger partial charge is 0.388 e. The zero-order chi connectivity index (χ0) is 22.7. The third kappa shape index (κ3) is 12.4. The molecule has 32 heavy (non-hydrogen) atoms. The Morgan fingerprint density at radius 3 is 1.97 bits per heavy atom. The number of nitrogens with one attached hydrogen (secondary N) is 3. The van der Waals surface area contributed by atoms with Crippen LogP contribution in [0.4, 0.5) is 0 Å². The third-order valence-corrected chi connectivity index (χ3v) is 7.34. The van der Waals surface area contributed by atoms with Crippen molar-refractivity contribution >= 4 is 32.6 Å². The molecule has 1 aromatic rings. The molecule has 1 aromatic heterocycles. The molecule has 2 heterocycles. The molecule has 6 nitrogen and oxygen atoms in total. The molecule has 0 fully saturated rings. The average Bonchev–Trinajstić information content (AvgIpc) is 3.45. The summed E-state index contributed by atoms with van der Waals surface area (Å²) in [5, 5.41) is 9.03. The van der Waals surface area contributed by atoms with E-state index in [0.29, 0.717) is 0 Å². The van der Waals surface area contributed by atoms with Gasteiger partial charge in [-0.05, 0) is 49.3 Å². The number of hydrogen-bond acceptors (Lipinski definition) is 6. The van der Waals surface area contributed by atoms with Gasteiger partial charge in [-0.1, -0.05) is 63.5 Å². The first kappa shape index (κ1) is 26.6. The zero-order valence-corrected chi connectivity index (χ0v) is 21.2. The van der Waals surface area contributed by atoms with Crippen LogP contribution in [0.2, 0.25) is 0 Å². The Morgan fingerprint density at radius 2 is 1.31 bits per heavy atom. The van der Waals surface area contributed by atoms with Gasteiger partial charge in [0.1, 0.15) is 5.82 Å². The first-order valence-electron chi connectivity index (χ1n) is 12.3. The minimum Gasteiger partial charge on any atom is -0.262 e. The number of nitrogens with zero attached hydrogens (tertiary/aromatic N) is 3. The zero-order valence-electron chi connectivity index (χ0n) is 19.5. The Kier molecular flexibility index (Phi) is 14.9. The first-order valence-corrected chi connectivity index (χ1v) is 14.4. The summed E-state index contributed by atoms with van der Waals surface area (Å²) in [7, 11) is 3.10. The molecule has 1 aliphatic rings. The molecule has 0 aliphatic carbocycles. The van der Waals surface area contributed by atoms with Crippen LogP contribution in [0, 0.1) is 0 Å². The smallest absolute Gasteiger partial charge is 0.262 e. The summed E-state index contributed by atoms with van der Waals surface area (Å²) in [5.74, 6) is 2.01. The fourth-order valence-electron chi connectivity index (χ4n) is 3.54. The van der Waals surface area contributed by atoms with Crippen molar-refractivity contribution in [3.05, 3.63) is 31.1 Å². The van der Waals surface area contributed by atoms with E-state index in [0.717, 1.165) is 47.7 Å². The number of aryl methyl sites for hydroxylation is 1. The topological polar surface area (TPSA) is 79.7 Å². The maximum atomic E-state index is 4.64. The summed E-state index contributed by atoms with van der Waals surface area (Å²) in [6.45, 7) is 7.54. The van der Waals surface area contributed by atoms with E-state index in [1.807, 2.05) is 12.2 Å². The Hall–Kier alpha value is -1.63. The lowest BCUT2D eigenvalue weighted by molar-refractivity contribution is 0.591. The van der Waals surface area contributed by atoms with Crippen molar-refractivity contribution in [1.29, 1.82) is 0 Å². The van der Waals surface area contributed by atoms with Crippen molar-refractivity contribution in [3.8, 4) is 0 Å². The molecule has 0 amide bonds. The van der Waals surface area contributed by atoms with Gasteiger partial charge in [-0.2, -0.15) is 0 Å². The highest BCUT2D eigenvalue weighted by Crippen LogP contribution is 2.28. The molecular formula is C24H41N6S2+. The van der Waals surface area contributed by atoms with Crippen LogP contribution in [0.5, 0.6) is 0 Å². The minimum atomic E-state index is 0.767. The van der Waals surface area contributed by atoms with Crippen molar-refractivity contribution in [3.63, 3.8) is 0 Å². The number of allylic oxidation sites excluding steroid dienone is 2. The molecule has 178 valence electrons. The second-order valence-electron chi connectivity index (χ2n) is 8.24. The molecule has 0 radical (unpaired) electrons. The van der Waals surface area contributed by atoms with E-state index in [1.165, 1.54) is 87.8 Å². The Balaban J connectivity index is 1.53. The molecule has 0 spiro atoms. The predicted molar refractivity (Wildman–Crippen MR) is 142 cm³/mol. The normalized spacial score (nSPS) is 12.8. The lowest BCUT2D eigenvalue weighted by Crippen LogP contribution is -2.33. The van der Waals surface area contributed by atoms with Gasteiger partial charge in [0.05, 0.1) is 6.42 Å². The van der Waals surface area contributed by atoms with Gasteiger partial charge >= 0.3 is 11.0 Å². The van der Waals surface area contributed by atoms with Gasteiger partial charge in [0.15, 0.2) is 0 Å². The quantitative estimate of drug-likeness (QED) is 0.0892. The van der Waals surface area contributed by atoms with Crippen LogP contribution in [0.3, 0.4) is 0 Å². The number of aromatic amines is 1. The summed E-state index contributed by atoms with van der Waals surface area (Å²) in [6.07, 6.45) is 23.6. The highest BCUT2D eigenvalue weighted by Gasteiger charge is 2.21. The standard InChI is InChI=1S/C24H40N6S2/c1-3-5-7-9-11-13-15-17-19-21-25-23(29-27-21)31-32-24-26-22(28-30-24)20-18-16-14-12-10-8-6-4-2/h3-4H,1-2,5-20H2,(H2,25,26,27,28,29,30)/p+1. The molecule has 2 rings (SSSR count). The van der Waals surface area contributed by atoms with Crippen molar-refractivity contribution in [2.24, 2.45) is 0 Å². The van der Waals surface area contributed by atoms with Crippen molar-refractivity contribution < 1.29 is 0 Å². The average molecular weight is 478 g/mol. The Bertz CT molecular complexity index is 724. The molecule has 0 saturated carbocycles. The molecule has 0 aromatic carbocycles. The van der Waals surface area contributed by atoms with Crippen LogP contribution in [-0.4, -0.2) is 26.2 Å². The number of H-pyrrole nitrogens is 1. The van der Waals surface area contributed by atoms with Gasteiger partial charge in [0, 0.05) is 17.2 Å². The van der Waals surface area contributed by atoms with Crippen molar-refractivity contribution in [1.82, 2.24) is 30.7 Å². The number of amidine groups is 2.